The highest BCUT2D eigenvalue weighted by Crippen LogP contribution is 2.39. The smallest absolute Gasteiger partial charge is 0.303 e. The second-order valence-electron chi connectivity index (χ2n) is 7.31. The van der Waals surface area contributed by atoms with Gasteiger partial charge in [-0.15, -0.1) is 0 Å². The Morgan fingerprint density at radius 1 is 1.28 bits per heavy atom. The number of hydrogen-bond acceptors (Lipinski definition) is 4. The fraction of sp³-hybridized carbons (Fsp3) is 0.600. The van der Waals surface area contributed by atoms with E-state index < -0.39 is 11.6 Å². The fourth-order valence-corrected chi connectivity index (χ4v) is 3.15. The molecule has 0 aliphatic carbocycles. The molecule has 25 heavy (non-hydrogen) atoms. The number of aliphatic carboxylic acids is 1. The maximum atomic E-state index is 10.6. The highest BCUT2D eigenvalue weighted by atomic mass is 16.5. The second kappa shape index (κ2) is 8.37. The van der Waals surface area contributed by atoms with E-state index in [9.17, 15) is 9.90 Å². The number of hydrogen-bond donors (Lipinski definition) is 2. The van der Waals surface area contributed by atoms with E-state index in [-0.39, 0.29) is 12.2 Å². The van der Waals surface area contributed by atoms with Crippen LogP contribution in [0.1, 0.15) is 70.4 Å². The summed E-state index contributed by atoms with van der Waals surface area (Å²) in [5, 5.41) is 19.3. The molecule has 0 saturated carbocycles. The molecule has 1 aliphatic heterocycles. The molecule has 0 fully saturated rings. The predicted octanol–water partition coefficient (Wildman–Crippen LogP) is 4.34. The van der Waals surface area contributed by atoms with Crippen molar-refractivity contribution in [3.8, 4) is 11.5 Å². The zero-order valence-electron chi connectivity index (χ0n) is 15.5. The zero-order valence-corrected chi connectivity index (χ0v) is 15.5. The van der Waals surface area contributed by atoms with Gasteiger partial charge in [0, 0.05) is 19.4 Å². The molecule has 1 aromatic rings. The van der Waals surface area contributed by atoms with Gasteiger partial charge < -0.3 is 14.9 Å². The standard InChI is InChI=1S/C20H29NO4/c1-4-5-6-8-14-11-16(22)19-15(21-10-7-9-18(23)24)13-20(2,3)25-17(19)12-14/h11-12,22H,4-10,13H2,1-3H3,(H,23,24). The van der Waals surface area contributed by atoms with Crippen LogP contribution in [0.4, 0.5) is 0 Å². The molecule has 138 valence electrons. The summed E-state index contributed by atoms with van der Waals surface area (Å²) in [5.74, 6) is 0.0729. The summed E-state index contributed by atoms with van der Waals surface area (Å²) < 4.78 is 6.09. The molecular formula is C20H29NO4. The number of carboxylic acids is 1. The highest BCUT2D eigenvalue weighted by Gasteiger charge is 2.33. The van der Waals surface area contributed by atoms with Crippen molar-refractivity contribution in [1.29, 1.82) is 0 Å². The summed E-state index contributed by atoms with van der Waals surface area (Å²) >= 11 is 0. The number of aryl methyl sites for hydroxylation is 1. The number of aliphatic imine (C=N–C) groups is 1. The van der Waals surface area contributed by atoms with Gasteiger partial charge in [-0.1, -0.05) is 19.8 Å². The molecule has 0 unspecified atom stereocenters. The average Bonchev–Trinajstić information content (AvgIpc) is 2.49. The summed E-state index contributed by atoms with van der Waals surface area (Å²) in [6.45, 7) is 6.62. The zero-order chi connectivity index (χ0) is 18.4. The van der Waals surface area contributed by atoms with Crippen LogP contribution in [-0.4, -0.2) is 34.0 Å². The fourth-order valence-electron chi connectivity index (χ4n) is 3.15. The maximum absolute atomic E-state index is 10.6. The first kappa shape index (κ1) is 19.3. The number of nitrogens with zero attached hydrogens (tertiary/aromatic N) is 1. The molecule has 0 radical (unpaired) electrons. The molecule has 1 heterocycles. The van der Waals surface area contributed by atoms with Crippen molar-refractivity contribution in [1.82, 2.24) is 0 Å². The summed E-state index contributed by atoms with van der Waals surface area (Å²) in [7, 11) is 0. The lowest BCUT2D eigenvalue weighted by atomic mass is 9.90. The first-order chi connectivity index (χ1) is 11.8. The number of carboxylic acid groups (broad SMARTS) is 1. The lowest BCUT2D eigenvalue weighted by Gasteiger charge is -2.34. The molecule has 2 N–H and O–H groups in total. The van der Waals surface area contributed by atoms with Crippen molar-refractivity contribution >= 4 is 11.7 Å². The summed E-state index contributed by atoms with van der Waals surface area (Å²) in [4.78, 5) is 15.2. The Labute approximate surface area is 149 Å². The van der Waals surface area contributed by atoms with Gasteiger partial charge in [-0.2, -0.15) is 0 Å². The van der Waals surface area contributed by atoms with Gasteiger partial charge in [-0.3, -0.25) is 9.79 Å². The van der Waals surface area contributed by atoms with Crippen LogP contribution in [0.2, 0.25) is 0 Å². The Balaban J connectivity index is 2.25. The van der Waals surface area contributed by atoms with E-state index in [4.69, 9.17) is 9.84 Å². The molecule has 1 aromatic carbocycles. The van der Waals surface area contributed by atoms with E-state index in [1.165, 1.54) is 6.42 Å². The first-order valence-corrected chi connectivity index (χ1v) is 9.13. The van der Waals surface area contributed by atoms with E-state index in [1.807, 2.05) is 26.0 Å². The minimum atomic E-state index is -0.813. The number of fused-ring (bicyclic) bond motifs is 1. The van der Waals surface area contributed by atoms with Crippen LogP contribution >= 0.6 is 0 Å². The van der Waals surface area contributed by atoms with Gasteiger partial charge in [0.1, 0.15) is 17.1 Å². The monoisotopic (exact) mass is 347 g/mol. The largest absolute Gasteiger partial charge is 0.507 e. The van der Waals surface area contributed by atoms with Crippen molar-refractivity contribution < 1.29 is 19.7 Å². The SMILES string of the molecule is CCCCCc1cc(O)c2c(c1)OC(C)(C)CC2=NCCCC(=O)O. The first-order valence-electron chi connectivity index (χ1n) is 9.13. The Bertz CT molecular complexity index is 649. The number of benzene rings is 1. The van der Waals surface area contributed by atoms with Crippen molar-refractivity contribution in [2.45, 2.75) is 71.3 Å². The van der Waals surface area contributed by atoms with Crippen LogP contribution in [0.25, 0.3) is 0 Å². The molecule has 0 spiro atoms. The Hall–Kier alpha value is -2.04. The lowest BCUT2D eigenvalue weighted by Crippen LogP contribution is -2.36. The molecule has 5 nitrogen and oxygen atoms in total. The van der Waals surface area contributed by atoms with Crippen LogP contribution in [0, 0.1) is 0 Å². The molecule has 1 aliphatic rings. The van der Waals surface area contributed by atoms with Crippen LogP contribution in [0.15, 0.2) is 17.1 Å². The number of rotatable bonds is 8. The van der Waals surface area contributed by atoms with E-state index in [2.05, 4.69) is 11.9 Å². The number of unbranched alkanes of at least 4 members (excludes halogenated alkanes) is 2. The van der Waals surface area contributed by atoms with E-state index >= 15 is 0 Å². The van der Waals surface area contributed by atoms with E-state index in [0.717, 1.165) is 30.5 Å². The van der Waals surface area contributed by atoms with E-state index in [0.29, 0.717) is 30.7 Å². The van der Waals surface area contributed by atoms with E-state index in [1.54, 1.807) is 0 Å². The van der Waals surface area contributed by atoms with Crippen molar-refractivity contribution in [2.24, 2.45) is 4.99 Å². The number of carbonyl (C=O) groups is 1. The van der Waals surface area contributed by atoms with Gasteiger partial charge >= 0.3 is 5.97 Å². The summed E-state index contributed by atoms with van der Waals surface area (Å²) in [6.07, 6.45) is 5.53. The van der Waals surface area contributed by atoms with Gasteiger partial charge in [-0.25, -0.2) is 0 Å². The Morgan fingerprint density at radius 2 is 2.04 bits per heavy atom. The van der Waals surface area contributed by atoms with Crippen molar-refractivity contribution in [3.63, 3.8) is 0 Å². The molecule has 5 heteroatoms. The summed E-state index contributed by atoms with van der Waals surface area (Å²) in [6, 6.07) is 3.82. The number of phenols is 1. The predicted molar refractivity (Wildman–Crippen MR) is 98.9 cm³/mol. The van der Waals surface area contributed by atoms with Crippen LogP contribution < -0.4 is 4.74 Å². The minimum absolute atomic E-state index is 0.103. The molecule has 2 rings (SSSR count). The van der Waals surface area contributed by atoms with Gasteiger partial charge in [-0.05, 0) is 50.8 Å². The molecule has 0 amide bonds. The van der Waals surface area contributed by atoms with Crippen molar-refractivity contribution in [2.75, 3.05) is 6.54 Å². The molecule has 0 aromatic heterocycles. The molecule has 0 bridgehead atoms. The number of aromatic hydroxyl groups is 1. The van der Waals surface area contributed by atoms with Crippen LogP contribution in [0.5, 0.6) is 11.5 Å². The highest BCUT2D eigenvalue weighted by molar-refractivity contribution is 6.06. The second-order valence-corrected chi connectivity index (χ2v) is 7.31. The summed E-state index contributed by atoms with van der Waals surface area (Å²) in [5.41, 5.74) is 2.14. The van der Waals surface area contributed by atoms with Gasteiger partial charge in [0.05, 0.1) is 11.3 Å². The Morgan fingerprint density at radius 3 is 2.72 bits per heavy atom. The third-order valence-electron chi connectivity index (χ3n) is 4.33. The molecule has 0 saturated heterocycles. The van der Waals surface area contributed by atoms with Gasteiger partial charge in [0.25, 0.3) is 0 Å². The van der Waals surface area contributed by atoms with Gasteiger partial charge in [0.2, 0.25) is 0 Å². The van der Waals surface area contributed by atoms with Crippen LogP contribution in [0.3, 0.4) is 0 Å². The third kappa shape index (κ3) is 5.48. The van der Waals surface area contributed by atoms with Gasteiger partial charge in [0.15, 0.2) is 0 Å². The molecular weight excluding hydrogens is 318 g/mol. The van der Waals surface area contributed by atoms with Crippen molar-refractivity contribution in [3.05, 3.63) is 23.3 Å². The topological polar surface area (TPSA) is 79.1 Å². The number of ether oxygens (including phenoxy) is 1. The minimum Gasteiger partial charge on any atom is -0.507 e. The quantitative estimate of drug-likeness (QED) is 0.686. The Kier molecular flexibility index (Phi) is 6.45. The lowest BCUT2D eigenvalue weighted by molar-refractivity contribution is -0.137. The molecule has 0 atom stereocenters. The maximum Gasteiger partial charge on any atom is 0.303 e. The average molecular weight is 347 g/mol. The van der Waals surface area contributed by atoms with Crippen LogP contribution in [-0.2, 0) is 11.2 Å². The number of phenolic OH excluding ortho intramolecular Hbond substituents is 1. The third-order valence-corrected chi connectivity index (χ3v) is 4.33. The normalized spacial score (nSPS) is 17.2.